The zero-order valence-corrected chi connectivity index (χ0v) is 12.7. The maximum absolute atomic E-state index is 9.84. The van der Waals surface area contributed by atoms with Crippen LogP contribution in [-0.2, 0) is 6.54 Å². The molecule has 0 aliphatic rings. The summed E-state index contributed by atoms with van der Waals surface area (Å²) < 4.78 is 5.50. The van der Waals surface area contributed by atoms with Gasteiger partial charge in [0.25, 0.3) is 0 Å². The minimum absolute atomic E-state index is 0.300. The Hall–Kier alpha value is -1.88. The summed E-state index contributed by atoms with van der Waals surface area (Å²) in [4.78, 5) is 0. The highest BCUT2D eigenvalue weighted by Gasteiger charge is 2.04. The number of hydrogen-bond acceptors (Lipinski definition) is 4. The van der Waals surface area contributed by atoms with Crippen molar-refractivity contribution in [1.82, 2.24) is 10.6 Å². The molecule has 0 amide bonds. The SMILES string of the molecule is OC(CNCCNCc1ccccc1)COc1ccccc1. The van der Waals surface area contributed by atoms with E-state index in [-0.39, 0.29) is 0 Å². The smallest absolute Gasteiger partial charge is 0.119 e. The first-order valence-corrected chi connectivity index (χ1v) is 7.66. The standard InChI is InChI=1S/C18H24N2O2/c21-17(15-22-18-9-5-2-6-10-18)14-20-12-11-19-13-16-7-3-1-4-8-16/h1-10,17,19-21H,11-15H2. The van der Waals surface area contributed by atoms with Crippen molar-refractivity contribution in [1.29, 1.82) is 0 Å². The molecule has 118 valence electrons. The largest absolute Gasteiger partial charge is 0.491 e. The molecule has 0 spiro atoms. The average Bonchev–Trinajstić information content (AvgIpc) is 2.58. The molecule has 0 aliphatic heterocycles. The van der Waals surface area contributed by atoms with Crippen LogP contribution < -0.4 is 15.4 Å². The highest BCUT2D eigenvalue weighted by atomic mass is 16.5. The Balaban J connectivity index is 1.48. The summed E-state index contributed by atoms with van der Waals surface area (Å²) in [5.74, 6) is 0.783. The van der Waals surface area contributed by atoms with E-state index in [0.717, 1.165) is 25.4 Å². The maximum Gasteiger partial charge on any atom is 0.119 e. The molecular formula is C18H24N2O2. The van der Waals surface area contributed by atoms with Gasteiger partial charge in [0, 0.05) is 26.2 Å². The first-order chi connectivity index (χ1) is 10.8. The maximum atomic E-state index is 9.84. The number of ether oxygens (including phenoxy) is 1. The predicted molar refractivity (Wildman–Crippen MR) is 89.0 cm³/mol. The van der Waals surface area contributed by atoms with Crippen molar-refractivity contribution >= 4 is 0 Å². The lowest BCUT2D eigenvalue weighted by Gasteiger charge is -2.13. The zero-order chi connectivity index (χ0) is 15.5. The number of benzene rings is 2. The third kappa shape index (κ3) is 6.72. The van der Waals surface area contributed by atoms with Crippen LogP contribution in [0.25, 0.3) is 0 Å². The van der Waals surface area contributed by atoms with Crippen molar-refractivity contribution in [2.24, 2.45) is 0 Å². The van der Waals surface area contributed by atoms with Crippen LogP contribution in [0.1, 0.15) is 5.56 Å². The molecule has 0 heterocycles. The van der Waals surface area contributed by atoms with E-state index < -0.39 is 6.10 Å². The van der Waals surface area contributed by atoms with E-state index in [9.17, 15) is 5.11 Å². The summed E-state index contributed by atoms with van der Waals surface area (Å²) in [6, 6.07) is 19.8. The van der Waals surface area contributed by atoms with Crippen molar-refractivity contribution < 1.29 is 9.84 Å². The molecule has 2 rings (SSSR count). The van der Waals surface area contributed by atoms with E-state index in [1.54, 1.807) is 0 Å². The van der Waals surface area contributed by atoms with Gasteiger partial charge in [0.2, 0.25) is 0 Å². The van der Waals surface area contributed by atoms with E-state index in [4.69, 9.17) is 4.74 Å². The van der Waals surface area contributed by atoms with Crippen LogP contribution in [0.4, 0.5) is 0 Å². The zero-order valence-electron chi connectivity index (χ0n) is 12.7. The van der Waals surface area contributed by atoms with E-state index in [2.05, 4.69) is 22.8 Å². The van der Waals surface area contributed by atoms with Crippen LogP contribution >= 0.6 is 0 Å². The first-order valence-electron chi connectivity index (χ1n) is 7.66. The monoisotopic (exact) mass is 300 g/mol. The van der Waals surface area contributed by atoms with Crippen LogP contribution in [0.5, 0.6) is 5.75 Å². The molecule has 0 aromatic heterocycles. The number of aliphatic hydroxyl groups excluding tert-OH is 1. The van der Waals surface area contributed by atoms with E-state index >= 15 is 0 Å². The second kappa shape index (κ2) is 9.95. The van der Waals surface area contributed by atoms with Gasteiger partial charge in [-0.05, 0) is 17.7 Å². The van der Waals surface area contributed by atoms with Gasteiger partial charge in [0.15, 0.2) is 0 Å². The third-order valence-electron chi connectivity index (χ3n) is 3.22. The summed E-state index contributed by atoms with van der Waals surface area (Å²) in [5.41, 5.74) is 1.28. The van der Waals surface area contributed by atoms with Gasteiger partial charge in [0.05, 0.1) is 0 Å². The molecule has 1 atom stereocenters. The highest BCUT2D eigenvalue weighted by Crippen LogP contribution is 2.08. The molecule has 2 aromatic rings. The minimum atomic E-state index is -0.505. The van der Waals surface area contributed by atoms with E-state index in [1.165, 1.54) is 5.56 Å². The predicted octanol–water partition coefficient (Wildman–Crippen LogP) is 1.81. The van der Waals surface area contributed by atoms with Crippen LogP contribution in [0.2, 0.25) is 0 Å². The Bertz CT molecular complexity index is 505. The quantitative estimate of drug-likeness (QED) is 0.586. The molecule has 3 N–H and O–H groups in total. The van der Waals surface area contributed by atoms with Crippen molar-refractivity contribution in [2.45, 2.75) is 12.6 Å². The summed E-state index contributed by atoms with van der Waals surface area (Å²) in [7, 11) is 0. The molecule has 0 radical (unpaired) electrons. The Morgan fingerprint density at radius 3 is 2.23 bits per heavy atom. The van der Waals surface area contributed by atoms with Crippen molar-refractivity contribution in [3.05, 3.63) is 66.2 Å². The Morgan fingerprint density at radius 1 is 0.864 bits per heavy atom. The van der Waals surface area contributed by atoms with Gasteiger partial charge in [-0.15, -0.1) is 0 Å². The number of nitrogens with one attached hydrogen (secondary N) is 2. The van der Waals surface area contributed by atoms with Crippen LogP contribution in [0, 0.1) is 0 Å². The van der Waals surface area contributed by atoms with Crippen molar-refractivity contribution in [2.75, 3.05) is 26.2 Å². The van der Waals surface area contributed by atoms with Gasteiger partial charge in [-0.25, -0.2) is 0 Å². The molecule has 0 saturated carbocycles. The second-order valence-electron chi connectivity index (χ2n) is 5.14. The van der Waals surface area contributed by atoms with Gasteiger partial charge >= 0.3 is 0 Å². The van der Waals surface area contributed by atoms with Crippen LogP contribution in [-0.4, -0.2) is 37.5 Å². The van der Waals surface area contributed by atoms with Crippen molar-refractivity contribution in [3.63, 3.8) is 0 Å². The Kier molecular flexibility index (Phi) is 7.46. The molecule has 4 nitrogen and oxygen atoms in total. The average molecular weight is 300 g/mol. The summed E-state index contributed by atoms with van der Waals surface area (Å²) in [5, 5.41) is 16.4. The van der Waals surface area contributed by atoms with Crippen LogP contribution in [0.15, 0.2) is 60.7 Å². The van der Waals surface area contributed by atoms with Gasteiger partial charge in [0.1, 0.15) is 18.5 Å². The number of aliphatic hydroxyl groups is 1. The van der Waals surface area contributed by atoms with E-state index in [1.807, 2.05) is 48.5 Å². The fourth-order valence-corrected chi connectivity index (χ4v) is 2.04. The fourth-order valence-electron chi connectivity index (χ4n) is 2.04. The normalized spacial score (nSPS) is 12.0. The molecule has 22 heavy (non-hydrogen) atoms. The van der Waals surface area contributed by atoms with Gasteiger partial charge in [-0.1, -0.05) is 48.5 Å². The molecule has 0 aliphatic carbocycles. The van der Waals surface area contributed by atoms with E-state index in [0.29, 0.717) is 13.2 Å². The van der Waals surface area contributed by atoms with Gasteiger partial charge in [-0.3, -0.25) is 0 Å². The molecular weight excluding hydrogens is 276 g/mol. The van der Waals surface area contributed by atoms with Gasteiger partial charge in [-0.2, -0.15) is 0 Å². The highest BCUT2D eigenvalue weighted by molar-refractivity contribution is 5.20. The summed E-state index contributed by atoms with van der Waals surface area (Å²) >= 11 is 0. The summed E-state index contributed by atoms with van der Waals surface area (Å²) in [6.07, 6.45) is -0.505. The summed E-state index contributed by atoms with van der Waals surface area (Å²) in [6.45, 7) is 3.37. The number of hydrogen-bond donors (Lipinski definition) is 3. The lowest BCUT2D eigenvalue weighted by molar-refractivity contribution is 0.106. The van der Waals surface area contributed by atoms with Crippen molar-refractivity contribution in [3.8, 4) is 5.75 Å². The molecule has 0 bridgehead atoms. The molecule has 4 heteroatoms. The molecule has 0 fully saturated rings. The van der Waals surface area contributed by atoms with Crippen LogP contribution in [0.3, 0.4) is 0 Å². The number of para-hydroxylation sites is 1. The minimum Gasteiger partial charge on any atom is -0.491 e. The first kappa shape index (κ1) is 16.5. The Labute approximate surface area is 132 Å². The lowest BCUT2D eigenvalue weighted by atomic mass is 10.2. The molecule has 1 unspecified atom stereocenters. The molecule has 0 saturated heterocycles. The molecule has 2 aromatic carbocycles. The third-order valence-corrected chi connectivity index (χ3v) is 3.22. The Morgan fingerprint density at radius 2 is 1.50 bits per heavy atom. The fraction of sp³-hybridized carbons (Fsp3) is 0.333. The van der Waals surface area contributed by atoms with Gasteiger partial charge < -0.3 is 20.5 Å². The number of rotatable bonds is 10. The second-order valence-corrected chi connectivity index (χ2v) is 5.14. The lowest BCUT2D eigenvalue weighted by Crippen LogP contribution is -2.35. The topological polar surface area (TPSA) is 53.5 Å².